The van der Waals surface area contributed by atoms with Gasteiger partial charge in [0.2, 0.25) is 0 Å². The minimum Gasteiger partial charge on any atom is -0.394 e. The number of hydrogen-bond acceptors (Lipinski definition) is 3. The second-order valence-electron chi connectivity index (χ2n) is 6.72. The van der Waals surface area contributed by atoms with Crippen LogP contribution in [0.4, 0.5) is 0 Å². The number of carbonyl (C=O) groups excluding carboxylic acids is 1. The van der Waals surface area contributed by atoms with E-state index in [1.807, 2.05) is 6.92 Å². The van der Waals surface area contributed by atoms with Crippen molar-refractivity contribution in [3.8, 4) is 0 Å². The van der Waals surface area contributed by atoms with E-state index in [1.54, 1.807) is 0 Å². The van der Waals surface area contributed by atoms with E-state index in [0.29, 0.717) is 13.0 Å². The molecule has 0 amide bonds. The second kappa shape index (κ2) is 7.20. The molecule has 0 bridgehead atoms. The average Bonchev–Trinajstić information content (AvgIpc) is 2.68. The van der Waals surface area contributed by atoms with Crippen molar-refractivity contribution >= 4 is 51.0 Å². The van der Waals surface area contributed by atoms with Crippen LogP contribution in [-0.4, -0.2) is 23.5 Å². The van der Waals surface area contributed by atoms with Crippen LogP contribution in [0.15, 0.2) is 54.6 Å². The molecule has 4 aromatic rings. The summed E-state index contributed by atoms with van der Waals surface area (Å²) >= 11 is 0. The molecule has 0 saturated heterocycles. The largest absolute Gasteiger partial charge is 0.394 e. The van der Waals surface area contributed by atoms with Gasteiger partial charge in [0.15, 0.2) is 0 Å². The minimum atomic E-state index is -0.871. The number of rotatable bonds is 6. The number of nitrogens with one attached hydrogen (secondary N) is 1. The summed E-state index contributed by atoms with van der Waals surface area (Å²) in [5, 5.41) is 20.3. The quantitative estimate of drug-likeness (QED) is 0.391. The zero-order valence-electron chi connectivity index (χ0n) is 14.7. The maximum Gasteiger partial charge on any atom is 0.142 e. The predicted molar refractivity (Wildman–Crippen MR) is 110 cm³/mol. The summed E-state index contributed by atoms with van der Waals surface area (Å²) in [6, 6.07) is 19.3. The summed E-state index contributed by atoms with van der Waals surface area (Å²) in [5.41, 5.74) is 0.267. The van der Waals surface area contributed by atoms with Gasteiger partial charge < -0.3 is 9.90 Å². The first-order valence-corrected chi connectivity index (χ1v) is 8.69. The standard InChI is InChI=1S/C22H21NO2.ClH/c1-2-22(13-24,14-25)23-12-18-9-8-17-7-6-15-4-3-5-16-10-11-19(18)21(17)20(15)16;/h3-11,13,23,25H,2,12,14H2,1H3;1H. The fourth-order valence-corrected chi connectivity index (χ4v) is 3.68. The molecule has 0 saturated carbocycles. The molecule has 0 heterocycles. The van der Waals surface area contributed by atoms with Gasteiger partial charge >= 0.3 is 0 Å². The maximum absolute atomic E-state index is 11.4. The number of aliphatic hydroxyl groups excluding tert-OH is 1. The Morgan fingerprint density at radius 3 is 2.19 bits per heavy atom. The lowest BCUT2D eigenvalue weighted by Gasteiger charge is -2.26. The lowest BCUT2D eigenvalue weighted by Crippen LogP contribution is -2.49. The SMILES string of the molecule is CCC(C=O)(CO)NCc1ccc2ccc3cccc4ccc1c2c34.Cl. The van der Waals surface area contributed by atoms with Crippen LogP contribution < -0.4 is 5.32 Å². The van der Waals surface area contributed by atoms with Crippen LogP contribution in [0.3, 0.4) is 0 Å². The second-order valence-corrected chi connectivity index (χ2v) is 6.72. The Morgan fingerprint density at radius 2 is 1.58 bits per heavy atom. The molecule has 0 aliphatic rings. The van der Waals surface area contributed by atoms with Gasteiger partial charge in [-0.1, -0.05) is 61.5 Å². The van der Waals surface area contributed by atoms with Crippen LogP contribution in [0.2, 0.25) is 0 Å². The zero-order valence-corrected chi connectivity index (χ0v) is 15.5. The van der Waals surface area contributed by atoms with Crippen LogP contribution in [0.25, 0.3) is 32.3 Å². The average molecular weight is 368 g/mol. The van der Waals surface area contributed by atoms with E-state index in [9.17, 15) is 9.90 Å². The molecule has 4 aromatic carbocycles. The van der Waals surface area contributed by atoms with E-state index in [4.69, 9.17) is 0 Å². The van der Waals surface area contributed by atoms with Crippen molar-refractivity contribution in [2.75, 3.05) is 6.61 Å². The van der Waals surface area contributed by atoms with Gasteiger partial charge in [0.05, 0.1) is 12.1 Å². The van der Waals surface area contributed by atoms with Gasteiger partial charge in [0.1, 0.15) is 6.29 Å². The minimum absolute atomic E-state index is 0. The molecular weight excluding hydrogens is 346 g/mol. The third-order valence-electron chi connectivity index (χ3n) is 5.39. The molecule has 1 atom stereocenters. The van der Waals surface area contributed by atoms with Crippen LogP contribution in [0.1, 0.15) is 18.9 Å². The highest BCUT2D eigenvalue weighted by molar-refractivity contribution is 6.23. The number of aldehydes is 1. The molecule has 0 radical (unpaired) electrons. The number of carbonyl (C=O) groups is 1. The van der Waals surface area contributed by atoms with Crippen LogP contribution in [0, 0.1) is 0 Å². The van der Waals surface area contributed by atoms with Gasteiger partial charge in [-0.05, 0) is 44.3 Å². The van der Waals surface area contributed by atoms with Gasteiger partial charge in [-0.15, -0.1) is 12.4 Å². The lowest BCUT2D eigenvalue weighted by atomic mass is 9.91. The monoisotopic (exact) mass is 367 g/mol. The topological polar surface area (TPSA) is 49.3 Å². The van der Waals surface area contributed by atoms with E-state index in [0.717, 1.165) is 11.8 Å². The zero-order chi connectivity index (χ0) is 17.4. The third kappa shape index (κ3) is 2.82. The Balaban J connectivity index is 0.00000196. The predicted octanol–water partition coefficient (Wildman–Crippen LogP) is 4.44. The molecule has 0 aliphatic carbocycles. The summed E-state index contributed by atoms with van der Waals surface area (Å²) < 4.78 is 0. The van der Waals surface area contributed by atoms with Crippen molar-refractivity contribution in [3.63, 3.8) is 0 Å². The normalized spacial score (nSPS) is 13.8. The molecule has 3 nitrogen and oxygen atoms in total. The number of halogens is 1. The molecular formula is C22H22ClNO2. The molecule has 2 N–H and O–H groups in total. The molecule has 0 spiro atoms. The van der Waals surface area contributed by atoms with E-state index >= 15 is 0 Å². The summed E-state index contributed by atoms with van der Waals surface area (Å²) in [5.74, 6) is 0. The molecule has 4 heteroatoms. The summed E-state index contributed by atoms with van der Waals surface area (Å²) in [4.78, 5) is 11.4. The molecule has 0 fully saturated rings. The Bertz CT molecular complexity index is 1040. The Morgan fingerprint density at radius 1 is 0.962 bits per heavy atom. The van der Waals surface area contributed by atoms with Gasteiger partial charge in [-0.25, -0.2) is 0 Å². The van der Waals surface area contributed by atoms with E-state index < -0.39 is 5.54 Å². The van der Waals surface area contributed by atoms with Crippen LogP contribution in [0.5, 0.6) is 0 Å². The summed E-state index contributed by atoms with van der Waals surface area (Å²) in [7, 11) is 0. The van der Waals surface area contributed by atoms with Crippen molar-refractivity contribution in [2.24, 2.45) is 0 Å². The van der Waals surface area contributed by atoms with Gasteiger partial charge in [-0.2, -0.15) is 0 Å². The molecule has 0 aliphatic heterocycles. The van der Waals surface area contributed by atoms with E-state index in [-0.39, 0.29) is 19.0 Å². The first kappa shape index (κ1) is 18.6. The fraction of sp³-hybridized carbons (Fsp3) is 0.227. The number of aliphatic hydroxyl groups is 1. The molecule has 134 valence electrons. The Hall–Kier alpha value is -2.20. The van der Waals surface area contributed by atoms with Crippen molar-refractivity contribution in [2.45, 2.75) is 25.4 Å². The summed E-state index contributed by atoms with van der Waals surface area (Å²) in [6.07, 6.45) is 1.38. The van der Waals surface area contributed by atoms with E-state index in [1.165, 1.54) is 32.3 Å². The van der Waals surface area contributed by atoms with Crippen LogP contribution in [-0.2, 0) is 11.3 Å². The molecule has 0 aromatic heterocycles. The maximum atomic E-state index is 11.4. The first-order valence-electron chi connectivity index (χ1n) is 8.69. The highest BCUT2D eigenvalue weighted by Gasteiger charge is 2.26. The summed E-state index contributed by atoms with van der Waals surface area (Å²) in [6.45, 7) is 2.25. The molecule has 26 heavy (non-hydrogen) atoms. The Labute approximate surface area is 158 Å². The number of hydrogen-bond donors (Lipinski definition) is 2. The smallest absolute Gasteiger partial charge is 0.142 e. The van der Waals surface area contributed by atoms with Crippen molar-refractivity contribution in [1.29, 1.82) is 0 Å². The van der Waals surface area contributed by atoms with Crippen LogP contribution >= 0.6 is 12.4 Å². The fourth-order valence-electron chi connectivity index (χ4n) is 3.68. The first-order chi connectivity index (χ1) is 12.2. The van der Waals surface area contributed by atoms with Crippen molar-refractivity contribution in [1.82, 2.24) is 5.32 Å². The van der Waals surface area contributed by atoms with Crippen molar-refractivity contribution in [3.05, 3.63) is 60.2 Å². The van der Waals surface area contributed by atoms with E-state index in [2.05, 4.69) is 59.9 Å². The third-order valence-corrected chi connectivity index (χ3v) is 5.39. The highest BCUT2D eigenvalue weighted by Crippen LogP contribution is 2.35. The van der Waals surface area contributed by atoms with Gasteiger partial charge in [0.25, 0.3) is 0 Å². The Kier molecular flexibility index (Phi) is 5.15. The molecule has 4 rings (SSSR count). The number of benzene rings is 4. The van der Waals surface area contributed by atoms with Crippen molar-refractivity contribution < 1.29 is 9.90 Å². The van der Waals surface area contributed by atoms with Gasteiger partial charge in [0, 0.05) is 6.54 Å². The lowest BCUT2D eigenvalue weighted by molar-refractivity contribution is -0.115. The van der Waals surface area contributed by atoms with Gasteiger partial charge in [-0.3, -0.25) is 5.32 Å². The highest BCUT2D eigenvalue weighted by atomic mass is 35.5. The molecule has 1 unspecified atom stereocenters.